The SMILES string of the molecule is CCCNC(=O)CN1CCC[C@H]1c1cccc(C)c1. The summed E-state index contributed by atoms with van der Waals surface area (Å²) >= 11 is 0. The van der Waals surface area contributed by atoms with Crippen LogP contribution >= 0.6 is 0 Å². The minimum Gasteiger partial charge on any atom is -0.355 e. The third-order valence-electron chi connectivity index (χ3n) is 3.71. The van der Waals surface area contributed by atoms with Gasteiger partial charge >= 0.3 is 0 Å². The molecule has 1 aliphatic rings. The molecule has 1 aromatic rings. The Bertz CT molecular complexity index is 431. The third-order valence-corrected chi connectivity index (χ3v) is 3.71. The molecule has 1 amide bonds. The maximum absolute atomic E-state index is 11.8. The fraction of sp³-hybridized carbons (Fsp3) is 0.562. The van der Waals surface area contributed by atoms with Crippen LogP contribution in [0.25, 0.3) is 0 Å². The predicted octanol–water partition coefficient (Wildman–Crippen LogP) is 2.66. The van der Waals surface area contributed by atoms with Crippen LogP contribution in [0.3, 0.4) is 0 Å². The Morgan fingerprint density at radius 3 is 3.05 bits per heavy atom. The molecule has 0 aliphatic carbocycles. The number of aryl methyl sites for hydroxylation is 1. The maximum atomic E-state index is 11.8. The van der Waals surface area contributed by atoms with Crippen LogP contribution in [-0.2, 0) is 4.79 Å². The summed E-state index contributed by atoms with van der Waals surface area (Å²) in [5.41, 5.74) is 2.64. The molecule has 0 spiro atoms. The summed E-state index contributed by atoms with van der Waals surface area (Å²) in [5, 5.41) is 2.96. The first kappa shape index (κ1) is 14.1. The van der Waals surface area contributed by atoms with Crippen molar-refractivity contribution in [1.29, 1.82) is 0 Å². The highest BCUT2D eigenvalue weighted by molar-refractivity contribution is 5.78. The molecule has 0 saturated carbocycles. The minimum absolute atomic E-state index is 0.154. The topological polar surface area (TPSA) is 32.3 Å². The van der Waals surface area contributed by atoms with E-state index in [0.29, 0.717) is 12.6 Å². The highest BCUT2D eigenvalue weighted by atomic mass is 16.2. The first-order valence-electron chi connectivity index (χ1n) is 7.28. The number of hydrogen-bond donors (Lipinski definition) is 1. The molecular weight excluding hydrogens is 236 g/mol. The predicted molar refractivity (Wildman–Crippen MR) is 78.0 cm³/mol. The molecule has 104 valence electrons. The molecule has 3 nitrogen and oxygen atoms in total. The smallest absolute Gasteiger partial charge is 0.234 e. The van der Waals surface area contributed by atoms with Crippen molar-refractivity contribution < 1.29 is 4.79 Å². The monoisotopic (exact) mass is 260 g/mol. The normalized spacial score (nSPS) is 19.6. The van der Waals surface area contributed by atoms with Gasteiger partial charge in [-0.15, -0.1) is 0 Å². The molecule has 0 unspecified atom stereocenters. The Labute approximate surface area is 116 Å². The Hall–Kier alpha value is -1.35. The number of likely N-dealkylation sites (tertiary alicyclic amines) is 1. The van der Waals surface area contributed by atoms with E-state index >= 15 is 0 Å². The second-order valence-corrected chi connectivity index (χ2v) is 5.39. The second-order valence-electron chi connectivity index (χ2n) is 5.39. The van der Waals surface area contributed by atoms with Gasteiger partial charge in [0.25, 0.3) is 0 Å². The van der Waals surface area contributed by atoms with Crippen LogP contribution in [-0.4, -0.2) is 30.4 Å². The van der Waals surface area contributed by atoms with Gasteiger partial charge in [-0.3, -0.25) is 9.69 Å². The lowest BCUT2D eigenvalue weighted by Gasteiger charge is -2.24. The van der Waals surface area contributed by atoms with Gasteiger partial charge in [-0.2, -0.15) is 0 Å². The Morgan fingerprint density at radius 1 is 1.47 bits per heavy atom. The van der Waals surface area contributed by atoms with E-state index in [2.05, 4.69) is 48.3 Å². The zero-order valence-corrected chi connectivity index (χ0v) is 12.0. The van der Waals surface area contributed by atoms with E-state index in [9.17, 15) is 4.79 Å². The fourth-order valence-electron chi connectivity index (χ4n) is 2.78. The van der Waals surface area contributed by atoms with Crippen molar-refractivity contribution in [2.24, 2.45) is 0 Å². The molecule has 0 radical (unpaired) electrons. The molecule has 1 N–H and O–H groups in total. The Morgan fingerprint density at radius 2 is 2.32 bits per heavy atom. The van der Waals surface area contributed by atoms with E-state index in [0.717, 1.165) is 25.9 Å². The van der Waals surface area contributed by atoms with E-state index in [1.165, 1.54) is 17.5 Å². The summed E-state index contributed by atoms with van der Waals surface area (Å²) in [6.07, 6.45) is 3.33. The van der Waals surface area contributed by atoms with Crippen molar-refractivity contribution >= 4 is 5.91 Å². The molecule has 0 aromatic heterocycles. The van der Waals surface area contributed by atoms with Gasteiger partial charge in [-0.25, -0.2) is 0 Å². The quantitative estimate of drug-likeness (QED) is 0.882. The van der Waals surface area contributed by atoms with Gasteiger partial charge in [-0.05, 0) is 38.3 Å². The molecule has 1 aromatic carbocycles. The van der Waals surface area contributed by atoms with Gasteiger partial charge in [0.05, 0.1) is 6.54 Å². The van der Waals surface area contributed by atoms with E-state index in [4.69, 9.17) is 0 Å². The molecule has 1 atom stereocenters. The average Bonchev–Trinajstić information content (AvgIpc) is 2.84. The molecule has 2 rings (SSSR count). The first-order valence-corrected chi connectivity index (χ1v) is 7.28. The van der Waals surface area contributed by atoms with Crippen LogP contribution in [0.15, 0.2) is 24.3 Å². The summed E-state index contributed by atoms with van der Waals surface area (Å²) < 4.78 is 0. The van der Waals surface area contributed by atoms with Crippen molar-refractivity contribution in [2.75, 3.05) is 19.6 Å². The summed E-state index contributed by atoms with van der Waals surface area (Å²) in [4.78, 5) is 14.2. The van der Waals surface area contributed by atoms with Crippen molar-refractivity contribution in [3.05, 3.63) is 35.4 Å². The van der Waals surface area contributed by atoms with E-state index in [1.54, 1.807) is 0 Å². The van der Waals surface area contributed by atoms with E-state index < -0.39 is 0 Å². The van der Waals surface area contributed by atoms with Gasteiger partial charge in [0.1, 0.15) is 0 Å². The van der Waals surface area contributed by atoms with E-state index in [-0.39, 0.29) is 5.91 Å². The van der Waals surface area contributed by atoms with Gasteiger partial charge in [0.15, 0.2) is 0 Å². The number of nitrogens with zero attached hydrogens (tertiary/aromatic N) is 1. The highest BCUT2D eigenvalue weighted by Gasteiger charge is 2.27. The molecule has 3 heteroatoms. The summed E-state index contributed by atoms with van der Waals surface area (Å²) in [5.74, 6) is 0.154. The Balaban J connectivity index is 1.99. The molecule has 1 heterocycles. The van der Waals surface area contributed by atoms with Crippen LogP contribution in [0.1, 0.15) is 43.4 Å². The molecule has 1 saturated heterocycles. The number of benzene rings is 1. The van der Waals surface area contributed by atoms with Crippen LogP contribution in [0.5, 0.6) is 0 Å². The summed E-state index contributed by atoms with van der Waals surface area (Å²) in [6.45, 7) is 6.53. The number of hydrogen-bond acceptors (Lipinski definition) is 2. The zero-order chi connectivity index (χ0) is 13.7. The molecular formula is C16H24N2O. The number of carbonyl (C=O) groups excluding carboxylic acids is 1. The molecule has 1 fully saturated rings. The fourth-order valence-corrected chi connectivity index (χ4v) is 2.78. The van der Waals surface area contributed by atoms with Crippen LogP contribution < -0.4 is 5.32 Å². The van der Waals surface area contributed by atoms with E-state index in [1.807, 2.05) is 0 Å². The largest absolute Gasteiger partial charge is 0.355 e. The first-order chi connectivity index (χ1) is 9.20. The van der Waals surface area contributed by atoms with Crippen molar-refractivity contribution in [3.8, 4) is 0 Å². The zero-order valence-electron chi connectivity index (χ0n) is 12.0. The van der Waals surface area contributed by atoms with Crippen LogP contribution in [0, 0.1) is 6.92 Å². The van der Waals surface area contributed by atoms with Gasteiger partial charge in [0, 0.05) is 12.6 Å². The lowest BCUT2D eigenvalue weighted by atomic mass is 10.0. The lowest BCUT2D eigenvalue weighted by Crippen LogP contribution is -2.37. The van der Waals surface area contributed by atoms with Gasteiger partial charge in [0.2, 0.25) is 5.91 Å². The number of carbonyl (C=O) groups is 1. The standard InChI is InChI=1S/C16H24N2O/c1-3-9-17-16(19)12-18-10-5-8-15(18)14-7-4-6-13(2)11-14/h4,6-7,11,15H,3,5,8-10,12H2,1-2H3,(H,17,19)/t15-/m0/s1. The van der Waals surface area contributed by atoms with Gasteiger partial charge in [-0.1, -0.05) is 36.8 Å². The summed E-state index contributed by atoms with van der Waals surface area (Å²) in [7, 11) is 0. The van der Waals surface area contributed by atoms with Crippen molar-refractivity contribution in [1.82, 2.24) is 10.2 Å². The average molecular weight is 260 g/mol. The molecule has 1 aliphatic heterocycles. The van der Waals surface area contributed by atoms with Crippen molar-refractivity contribution in [2.45, 2.75) is 39.2 Å². The second kappa shape index (κ2) is 6.71. The van der Waals surface area contributed by atoms with Crippen molar-refractivity contribution in [3.63, 3.8) is 0 Å². The number of rotatable bonds is 5. The number of nitrogens with one attached hydrogen (secondary N) is 1. The third kappa shape index (κ3) is 3.80. The summed E-state index contributed by atoms with van der Waals surface area (Å²) in [6, 6.07) is 9.06. The Kier molecular flexibility index (Phi) is 4.97. The lowest BCUT2D eigenvalue weighted by molar-refractivity contribution is -0.122. The minimum atomic E-state index is 0.154. The van der Waals surface area contributed by atoms with Crippen LogP contribution in [0.2, 0.25) is 0 Å². The highest BCUT2D eigenvalue weighted by Crippen LogP contribution is 2.31. The molecule has 19 heavy (non-hydrogen) atoms. The maximum Gasteiger partial charge on any atom is 0.234 e. The molecule has 0 bridgehead atoms. The van der Waals surface area contributed by atoms with Gasteiger partial charge < -0.3 is 5.32 Å². The van der Waals surface area contributed by atoms with Crippen LogP contribution in [0.4, 0.5) is 0 Å². The number of amides is 1.